The Balaban J connectivity index is 1.12. The van der Waals surface area contributed by atoms with Crippen molar-refractivity contribution in [3.8, 4) is 22.3 Å². The highest BCUT2D eigenvalue weighted by Crippen LogP contribution is 2.39. The summed E-state index contributed by atoms with van der Waals surface area (Å²) in [4.78, 5) is 2.54. The maximum atomic E-state index is 3.71. The van der Waals surface area contributed by atoms with Gasteiger partial charge in [-0.3, -0.25) is 0 Å². The molecule has 0 aromatic heterocycles. The summed E-state index contributed by atoms with van der Waals surface area (Å²) >= 11 is 3.58. The van der Waals surface area contributed by atoms with E-state index >= 15 is 0 Å². The van der Waals surface area contributed by atoms with Gasteiger partial charge >= 0.3 is 0 Å². The van der Waals surface area contributed by atoms with Crippen molar-refractivity contribution in [1.82, 2.24) is 0 Å². The highest BCUT2D eigenvalue weighted by molar-refractivity contribution is 7.99. The SMILES string of the molecule is CCCCc1ccc(-c2c(Nc3ccc(C=Cc4ccc(Nc5cccc(SC)c5-c5ccc(CCCC)cc5)cc4)cc3)cccc2SC)cc1. The van der Waals surface area contributed by atoms with Crippen LogP contribution in [-0.2, 0) is 12.8 Å². The Morgan fingerprint density at radius 2 is 0.846 bits per heavy atom. The van der Waals surface area contributed by atoms with Crippen LogP contribution in [-0.4, -0.2) is 12.5 Å². The lowest BCUT2D eigenvalue weighted by molar-refractivity contribution is 0.795. The molecule has 6 aromatic carbocycles. The Bertz CT molecular complexity index is 1900. The number of anilines is 4. The van der Waals surface area contributed by atoms with Crippen LogP contribution in [0.1, 0.15) is 61.8 Å². The summed E-state index contributed by atoms with van der Waals surface area (Å²) in [5.41, 5.74) is 14.5. The number of unbranched alkanes of at least 4 members (excludes halogenated alkanes) is 2. The largest absolute Gasteiger partial charge is 0.355 e. The fourth-order valence-corrected chi connectivity index (χ4v) is 7.80. The molecular weight excluding hydrogens is 669 g/mol. The molecule has 0 unspecified atom stereocenters. The van der Waals surface area contributed by atoms with Gasteiger partial charge in [0.1, 0.15) is 0 Å². The number of hydrogen-bond acceptors (Lipinski definition) is 4. The number of nitrogens with one attached hydrogen (secondary N) is 2. The van der Waals surface area contributed by atoms with Crippen LogP contribution in [0.15, 0.2) is 143 Å². The normalized spacial score (nSPS) is 11.2. The summed E-state index contributed by atoms with van der Waals surface area (Å²) in [7, 11) is 0. The molecule has 2 N–H and O–H groups in total. The van der Waals surface area contributed by atoms with E-state index in [2.05, 4.69) is 183 Å². The fourth-order valence-electron chi connectivity index (χ4n) is 6.50. The lowest BCUT2D eigenvalue weighted by Crippen LogP contribution is -1.95. The molecule has 0 fully saturated rings. The molecule has 4 heteroatoms. The van der Waals surface area contributed by atoms with Crippen LogP contribution in [0.4, 0.5) is 22.7 Å². The average molecular weight is 719 g/mol. The van der Waals surface area contributed by atoms with E-state index in [9.17, 15) is 0 Å². The molecule has 0 saturated heterocycles. The lowest BCUT2D eigenvalue weighted by Gasteiger charge is -2.16. The highest BCUT2D eigenvalue weighted by atomic mass is 32.2. The molecule has 0 saturated carbocycles. The third kappa shape index (κ3) is 9.61. The Morgan fingerprint density at radius 1 is 0.462 bits per heavy atom. The molecule has 6 rings (SSSR count). The number of thioether (sulfide) groups is 2. The van der Waals surface area contributed by atoms with E-state index in [1.807, 2.05) is 0 Å². The van der Waals surface area contributed by atoms with Crippen LogP contribution in [0, 0.1) is 0 Å². The number of benzene rings is 6. The second-order valence-corrected chi connectivity index (χ2v) is 14.9. The van der Waals surface area contributed by atoms with Gasteiger partial charge in [-0.2, -0.15) is 0 Å². The quantitative estimate of drug-likeness (QED) is 0.0768. The molecule has 0 spiro atoms. The van der Waals surface area contributed by atoms with Gasteiger partial charge in [-0.15, -0.1) is 23.5 Å². The van der Waals surface area contributed by atoms with E-state index in [1.165, 1.54) is 68.9 Å². The number of rotatable bonds is 16. The van der Waals surface area contributed by atoms with Gasteiger partial charge in [0.2, 0.25) is 0 Å². The molecule has 0 aliphatic carbocycles. The summed E-state index contributed by atoms with van der Waals surface area (Å²) in [6.45, 7) is 4.50. The smallest absolute Gasteiger partial charge is 0.0475 e. The maximum absolute atomic E-state index is 3.71. The molecule has 0 bridgehead atoms. The van der Waals surface area contributed by atoms with E-state index in [0.717, 1.165) is 46.7 Å². The van der Waals surface area contributed by atoms with E-state index < -0.39 is 0 Å². The third-order valence-corrected chi connectivity index (χ3v) is 11.0. The maximum Gasteiger partial charge on any atom is 0.0475 e. The zero-order chi connectivity index (χ0) is 36.1. The van der Waals surface area contributed by atoms with Crippen molar-refractivity contribution in [1.29, 1.82) is 0 Å². The van der Waals surface area contributed by atoms with E-state index in [0.29, 0.717) is 0 Å². The predicted octanol–water partition coefficient (Wildman–Crippen LogP) is 14.8. The van der Waals surface area contributed by atoms with Gasteiger partial charge in [-0.1, -0.05) is 124 Å². The van der Waals surface area contributed by atoms with Crippen LogP contribution in [0.5, 0.6) is 0 Å². The molecule has 0 aliphatic rings. The van der Waals surface area contributed by atoms with E-state index in [1.54, 1.807) is 23.5 Å². The van der Waals surface area contributed by atoms with Crippen LogP contribution in [0.25, 0.3) is 34.4 Å². The monoisotopic (exact) mass is 718 g/mol. The molecule has 264 valence electrons. The van der Waals surface area contributed by atoms with Crippen LogP contribution >= 0.6 is 23.5 Å². The van der Waals surface area contributed by atoms with Gasteiger partial charge < -0.3 is 10.6 Å². The van der Waals surface area contributed by atoms with Gasteiger partial charge in [-0.05, 0) is 120 Å². The zero-order valence-electron chi connectivity index (χ0n) is 30.9. The van der Waals surface area contributed by atoms with Crippen molar-refractivity contribution >= 4 is 58.4 Å². The summed E-state index contributed by atoms with van der Waals surface area (Å²) in [5.74, 6) is 0. The van der Waals surface area contributed by atoms with Crippen LogP contribution in [0.3, 0.4) is 0 Å². The van der Waals surface area contributed by atoms with Crippen molar-refractivity contribution in [2.45, 2.75) is 62.2 Å². The minimum atomic E-state index is 1.07. The fraction of sp³-hybridized carbons (Fsp3) is 0.208. The van der Waals surface area contributed by atoms with Crippen molar-refractivity contribution in [3.63, 3.8) is 0 Å². The van der Waals surface area contributed by atoms with Crippen LogP contribution in [0.2, 0.25) is 0 Å². The molecule has 0 aliphatic heterocycles. The molecule has 0 radical (unpaired) electrons. The first-order valence-electron chi connectivity index (χ1n) is 18.5. The van der Waals surface area contributed by atoms with Gasteiger partial charge in [0.25, 0.3) is 0 Å². The summed E-state index contributed by atoms with van der Waals surface area (Å²) in [6.07, 6.45) is 15.8. The second kappa shape index (κ2) is 18.7. The Kier molecular flexibility index (Phi) is 13.4. The average Bonchev–Trinajstić information content (AvgIpc) is 3.20. The predicted molar refractivity (Wildman–Crippen MR) is 233 cm³/mol. The van der Waals surface area contributed by atoms with E-state index in [4.69, 9.17) is 0 Å². The van der Waals surface area contributed by atoms with Crippen molar-refractivity contribution in [3.05, 3.63) is 156 Å². The molecule has 0 amide bonds. The van der Waals surface area contributed by atoms with Gasteiger partial charge in [0.15, 0.2) is 0 Å². The number of aryl methyl sites for hydroxylation is 2. The molecule has 2 nitrogen and oxygen atoms in total. The highest BCUT2D eigenvalue weighted by Gasteiger charge is 2.13. The van der Waals surface area contributed by atoms with Gasteiger partial charge in [0.05, 0.1) is 0 Å². The minimum absolute atomic E-state index is 1.07. The molecule has 0 heterocycles. The standard InChI is InChI=1S/C48H50N2S2/c1-5-7-11-35-19-27-39(28-20-35)47-43(13-9-15-45(47)51-3)49-41-31-23-37(24-32-41)17-18-38-25-33-42(34-26-38)50-44-14-10-16-46(52-4)48(44)40-29-21-36(22-30-40)12-8-6-2/h9-10,13-34,49-50H,5-8,11-12H2,1-4H3. The van der Waals surface area contributed by atoms with Crippen molar-refractivity contribution < 1.29 is 0 Å². The minimum Gasteiger partial charge on any atom is -0.355 e. The first kappa shape index (κ1) is 37.1. The summed E-state index contributed by atoms with van der Waals surface area (Å²) < 4.78 is 0. The molecule has 6 aromatic rings. The van der Waals surface area contributed by atoms with Crippen molar-refractivity contribution in [2.24, 2.45) is 0 Å². The first-order valence-corrected chi connectivity index (χ1v) is 21.0. The third-order valence-electron chi connectivity index (χ3n) is 9.46. The Morgan fingerprint density at radius 3 is 1.19 bits per heavy atom. The zero-order valence-corrected chi connectivity index (χ0v) is 32.5. The second-order valence-electron chi connectivity index (χ2n) is 13.2. The molecule has 52 heavy (non-hydrogen) atoms. The summed E-state index contributed by atoms with van der Waals surface area (Å²) in [6, 6.07) is 48.6. The molecular formula is C48H50N2S2. The van der Waals surface area contributed by atoms with Crippen LogP contribution < -0.4 is 10.6 Å². The van der Waals surface area contributed by atoms with Gasteiger partial charge in [-0.25, -0.2) is 0 Å². The van der Waals surface area contributed by atoms with Gasteiger partial charge in [0, 0.05) is 43.7 Å². The molecule has 0 atom stereocenters. The summed E-state index contributed by atoms with van der Waals surface area (Å²) in [5, 5.41) is 7.41. The first-order chi connectivity index (χ1) is 25.6. The Hall–Kier alpha value is -4.64. The van der Waals surface area contributed by atoms with E-state index in [-0.39, 0.29) is 0 Å². The number of hydrogen-bond donors (Lipinski definition) is 2. The topological polar surface area (TPSA) is 24.1 Å². The Labute approximate surface area is 320 Å². The van der Waals surface area contributed by atoms with Crippen molar-refractivity contribution in [2.75, 3.05) is 23.1 Å². The lowest BCUT2D eigenvalue weighted by atomic mass is 10.00.